The second kappa shape index (κ2) is 13.8. The number of hydrogen-bond acceptors (Lipinski definition) is 10. The molecule has 13 nitrogen and oxygen atoms in total. The second-order valence-corrected chi connectivity index (χ2v) is 11.2. The largest absolute Gasteiger partial charge is 0.467 e. The first-order chi connectivity index (χ1) is 22.0. The minimum atomic E-state index is -0.244. The Kier molecular flexibility index (Phi) is 9.27. The number of carbonyl (C=O) groups excluding carboxylic acids is 1. The molecule has 5 aromatic rings. The van der Waals surface area contributed by atoms with Gasteiger partial charge < -0.3 is 15.4 Å². The number of anilines is 2. The summed E-state index contributed by atoms with van der Waals surface area (Å²) in [5, 5.41) is 14.1. The van der Waals surface area contributed by atoms with E-state index < -0.39 is 0 Å². The van der Waals surface area contributed by atoms with Gasteiger partial charge in [-0.05, 0) is 31.2 Å². The lowest BCUT2D eigenvalue weighted by atomic mass is 9.90. The van der Waals surface area contributed by atoms with Gasteiger partial charge in [0.1, 0.15) is 11.4 Å². The van der Waals surface area contributed by atoms with Crippen LogP contribution >= 0.6 is 23.2 Å². The monoisotopic (exact) mass is 645 g/mol. The van der Waals surface area contributed by atoms with E-state index in [0.29, 0.717) is 51.0 Å². The number of urea groups is 1. The van der Waals surface area contributed by atoms with Crippen molar-refractivity contribution in [3.63, 3.8) is 0 Å². The van der Waals surface area contributed by atoms with E-state index >= 15 is 0 Å². The van der Waals surface area contributed by atoms with Crippen LogP contribution in [-0.4, -0.2) is 65.3 Å². The Morgan fingerprint density at radius 2 is 1.71 bits per heavy atom. The van der Waals surface area contributed by atoms with E-state index in [4.69, 9.17) is 27.9 Å². The molecule has 0 atom stereocenters. The minimum Gasteiger partial charge on any atom is -0.467 e. The molecular weight excluding hydrogens is 617 g/mol. The van der Waals surface area contributed by atoms with Gasteiger partial charge in [0, 0.05) is 42.8 Å². The fraction of sp³-hybridized carbons (Fsp3) is 0.267. The molecule has 1 fully saturated rings. The second-order valence-electron chi connectivity index (χ2n) is 10.4. The summed E-state index contributed by atoms with van der Waals surface area (Å²) in [7, 11) is 1.50. The van der Waals surface area contributed by atoms with Crippen molar-refractivity contribution in [3.8, 4) is 28.7 Å². The molecule has 0 radical (unpaired) electrons. The summed E-state index contributed by atoms with van der Waals surface area (Å²) in [6.45, 7) is 0.387. The average molecular weight is 647 g/mol. The van der Waals surface area contributed by atoms with E-state index in [-0.39, 0.29) is 24.1 Å². The smallest absolute Gasteiger partial charge is 0.323 e. The van der Waals surface area contributed by atoms with Gasteiger partial charge in [-0.1, -0.05) is 53.5 Å². The van der Waals surface area contributed by atoms with Crippen molar-refractivity contribution in [3.05, 3.63) is 83.1 Å². The third-order valence-corrected chi connectivity index (χ3v) is 8.02. The lowest BCUT2D eigenvalue weighted by Crippen LogP contribution is -2.49. The maximum atomic E-state index is 13.7. The van der Waals surface area contributed by atoms with Crippen molar-refractivity contribution in [1.82, 2.24) is 45.4 Å². The molecule has 2 amide bonds. The number of ether oxygens (including phenoxy) is 1. The van der Waals surface area contributed by atoms with Crippen LogP contribution in [0.25, 0.3) is 22.6 Å². The molecule has 15 heteroatoms. The highest BCUT2D eigenvalue weighted by Crippen LogP contribution is 2.32. The molecule has 1 aliphatic carbocycles. The topological polar surface area (TPSA) is 160 Å². The molecule has 4 heterocycles. The lowest BCUT2D eigenvalue weighted by molar-refractivity contribution is 0.240. The SMILES string of the molecule is COc1ncc(-c2cnc(N(C(=O)NCc3ccccc3)C3CCC(Nc4ncc(Cl)c(-c5n[nH]cc5Cl)n4)CC3)cn2)cn1. The van der Waals surface area contributed by atoms with Gasteiger partial charge in [0.15, 0.2) is 5.82 Å². The van der Waals surface area contributed by atoms with Crippen molar-refractivity contribution in [2.24, 2.45) is 0 Å². The zero-order valence-electron chi connectivity index (χ0n) is 24.2. The third kappa shape index (κ3) is 7.10. The van der Waals surface area contributed by atoms with Crippen molar-refractivity contribution in [2.45, 2.75) is 44.3 Å². The van der Waals surface area contributed by atoms with Crippen LogP contribution in [0.3, 0.4) is 0 Å². The van der Waals surface area contributed by atoms with E-state index in [2.05, 4.69) is 50.7 Å². The number of amides is 2. The van der Waals surface area contributed by atoms with Gasteiger partial charge >= 0.3 is 12.0 Å². The average Bonchev–Trinajstić information content (AvgIpc) is 3.51. The third-order valence-electron chi connectivity index (χ3n) is 7.45. The van der Waals surface area contributed by atoms with E-state index in [1.807, 2.05) is 30.3 Å². The van der Waals surface area contributed by atoms with E-state index in [1.165, 1.54) is 13.3 Å². The zero-order valence-corrected chi connectivity index (χ0v) is 25.7. The lowest BCUT2D eigenvalue weighted by Gasteiger charge is -2.36. The molecule has 0 unspecified atom stereocenters. The molecule has 3 N–H and O–H groups in total. The standard InChI is InChI=1S/C30H29Cl2N11O2/c1-45-29-36-12-19(13-37-29)24-16-34-25(17-33-24)43(30(44)38-11-18-5-3-2-4-6-18)21-9-7-20(8-10-21)40-28-35-14-22(31)26(41-28)27-23(32)15-39-42-27/h2-6,12-17,20-21H,7-11H2,1H3,(H,38,44)(H,39,42)(H,35,40,41). The first kappa shape index (κ1) is 30.2. The highest BCUT2D eigenvalue weighted by Gasteiger charge is 2.31. The normalized spacial score (nSPS) is 16.2. The summed E-state index contributed by atoms with van der Waals surface area (Å²) >= 11 is 12.6. The first-order valence-electron chi connectivity index (χ1n) is 14.3. The number of benzene rings is 1. The van der Waals surface area contributed by atoms with Gasteiger partial charge in [-0.15, -0.1) is 0 Å². The maximum Gasteiger partial charge on any atom is 0.323 e. The highest BCUT2D eigenvalue weighted by atomic mass is 35.5. The fourth-order valence-corrected chi connectivity index (χ4v) is 5.53. The molecule has 6 rings (SSSR count). The molecule has 0 bridgehead atoms. The Balaban J connectivity index is 1.16. The summed E-state index contributed by atoms with van der Waals surface area (Å²) in [5.74, 6) is 0.884. The molecule has 230 valence electrons. The number of aromatic amines is 1. The van der Waals surface area contributed by atoms with Crippen LogP contribution in [0.15, 0.2) is 67.5 Å². The molecule has 0 spiro atoms. The van der Waals surface area contributed by atoms with Gasteiger partial charge in [0.2, 0.25) is 5.95 Å². The summed E-state index contributed by atoms with van der Waals surface area (Å²) < 4.78 is 5.04. The number of H-pyrrole nitrogens is 1. The van der Waals surface area contributed by atoms with Crippen LogP contribution in [0.1, 0.15) is 31.2 Å². The summed E-state index contributed by atoms with van der Waals surface area (Å²) in [6.07, 6.45) is 12.5. The Labute approximate surface area is 268 Å². The van der Waals surface area contributed by atoms with Gasteiger partial charge in [0.05, 0.1) is 41.4 Å². The number of rotatable bonds is 9. The van der Waals surface area contributed by atoms with Crippen LogP contribution in [0.4, 0.5) is 16.6 Å². The van der Waals surface area contributed by atoms with Crippen molar-refractivity contribution < 1.29 is 9.53 Å². The predicted molar refractivity (Wildman–Crippen MR) is 170 cm³/mol. The van der Waals surface area contributed by atoms with Gasteiger partial charge in [-0.25, -0.2) is 29.7 Å². The Morgan fingerprint density at radius 3 is 2.38 bits per heavy atom. The summed E-state index contributed by atoms with van der Waals surface area (Å²) in [6, 6.07) is 9.77. The Hall–Kier alpha value is -4.88. The number of halogens is 2. The van der Waals surface area contributed by atoms with Gasteiger partial charge in [-0.2, -0.15) is 5.10 Å². The fourth-order valence-electron chi connectivity index (χ4n) is 5.17. The molecular formula is C30H29Cl2N11O2. The van der Waals surface area contributed by atoms with Crippen molar-refractivity contribution >= 4 is 41.0 Å². The molecule has 0 saturated heterocycles. The first-order valence-corrected chi connectivity index (χ1v) is 15.0. The zero-order chi connectivity index (χ0) is 31.2. The van der Waals surface area contributed by atoms with E-state index in [0.717, 1.165) is 31.2 Å². The summed E-state index contributed by atoms with van der Waals surface area (Å²) in [4.78, 5) is 41.8. The number of methoxy groups -OCH3 is 1. The highest BCUT2D eigenvalue weighted by molar-refractivity contribution is 6.35. The van der Waals surface area contributed by atoms with Crippen LogP contribution in [0.2, 0.25) is 10.0 Å². The van der Waals surface area contributed by atoms with E-state index in [9.17, 15) is 4.79 Å². The molecule has 1 aromatic carbocycles. The van der Waals surface area contributed by atoms with Crippen LogP contribution in [-0.2, 0) is 6.54 Å². The van der Waals surface area contributed by atoms with Gasteiger partial charge in [0.25, 0.3) is 0 Å². The summed E-state index contributed by atoms with van der Waals surface area (Å²) in [5.41, 5.74) is 3.16. The van der Waals surface area contributed by atoms with Crippen LogP contribution < -0.4 is 20.3 Å². The Morgan fingerprint density at radius 1 is 0.933 bits per heavy atom. The number of carbonyl (C=O) groups is 1. The van der Waals surface area contributed by atoms with Crippen molar-refractivity contribution in [1.29, 1.82) is 0 Å². The van der Waals surface area contributed by atoms with Crippen LogP contribution in [0, 0.1) is 0 Å². The number of nitrogens with one attached hydrogen (secondary N) is 3. The quantitative estimate of drug-likeness (QED) is 0.185. The molecule has 4 aromatic heterocycles. The number of hydrogen-bond donors (Lipinski definition) is 3. The van der Waals surface area contributed by atoms with Crippen molar-refractivity contribution in [2.75, 3.05) is 17.3 Å². The maximum absolute atomic E-state index is 13.7. The predicted octanol–water partition coefficient (Wildman–Crippen LogP) is 5.57. The molecule has 1 aliphatic rings. The van der Waals surface area contributed by atoms with Crippen LogP contribution in [0.5, 0.6) is 6.01 Å². The minimum absolute atomic E-state index is 0.0858. The number of aromatic nitrogens is 8. The molecule has 0 aliphatic heterocycles. The van der Waals surface area contributed by atoms with Gasteiger partial charge in [-0.3, -0.25) is 15.0 Å². The number of nitrogens with zero attached hydrogens (tertiary/aromatic N) is 8. The molecule has 1 saturated carbocycles. The van der Waals surface area contributed by atoms with E-state index in [1.54, 1.807) is 35.9 Å². The molecule has 45 heavy (non-hydrogen) atoms. The Bertz CT molecular complexity index is 1730.